The van der Waals surface area contributed by atoms with Crippen molar-refractivity contribution in [2.24, 2.45) is 10.7 Å². The number of nitrogens with zero attached hydrogens (tertiary/aromatic N) is 2. The molecule has 0 saturated heterocycles. The van der Waals surface area contributed by atoms with Gasteiger partial charge in [-0.1, -0.05) is 6.07 Å². The van der Waals surface area contributed by atoms with E-state index in [0.717, 1.165) is 24.3 Å². The number of aromatic nitrogens is 1. The molecule has 3 rings (SSSR count). The predicted octanol–water partition coefficient (Wildman–Crippen LogP) is 3.98. The number of hydrogen-bond donors (Lipinski definition) is 2. The van der Waals surface area contributed by atoms with Crippen LogP contribution in [0, 0.1) is 0 Å². The van der Waals surface area contributed by atoms with Gasteiger partial charge in [0.05, 0.1) is 13.2 Å². The van der Waals surface area contributed by atoms with E-state index in [9.17, 15) is 0 Å². The number of nitrogens with one attached hydrogen (secondary N) is 1. The number of aliphatic imine (C=N–C) groups is 1. The molecule has 0 bridgehead atoms. The maximum atomic E-state index is 5.94. The van der Waals surface area contributed by atoms with E-state index < -0.39 is 0 Å². The van der Waals surface area contributed by atoms with Gasteiger partial charge in [0.15, 0.2) is 5.96 Å². The zero-order valence-electron chi connectivity index (χ0n) is 15.8. The van der Waals surface area contributed by atoms with Crippen molar-refractivity contribution in [1.29, 1.82) is 0 Å². The summed E-state index contributed by atoms with van der Waals surface area (Å²) in [6.07, 6.45) is 2.64. The van der Waals surface area contributed by atoms with Crippen LogP contribution in [0.1, 0.15) is 17.4 Å². The summed E-state index contributed by atoms with van der Waals surface area (Å²) >= 11 is 1.74. The Labute approximate surface area is 169 Å². The number of benzene rings is 1. The average Bonchev–Trinajstić information content (AvgIpc) is 3.22. The van der Waals surface area contributed by atoms with Crippen molar-refractivity contribution in [3.05, 3.63) is 70.5 Å². The summed E-state index contributed by atoms with van der Waals surface area (Å²) in [4.78, 5) is 9.96. The lowest BCUT2D eigenvalue weighted by Gasteiger charge is -2.08. The highest BCUT2D eigenvalue weighted by Gasteiger charge is 2.02. The summed E-state index contributed by atoms with van der Waals surface area (Å²) in [5, 5.41) is 5.21. The third kappa shape index (κ3) is 6.28. The van der Waals surface area contributed by atoms with Crippen molar-refractivity contribution < 1.29 is 9.47 Å². The van der Waals surface area contributed by atoms with Crippen LogP contribution in [0.25, 0.3) is 0 Å². The zero-order chi connectivity index (χ0) is 19.6. The molecule has 1 aromatic carbocycles. The molecule has 6 nitrogen and oxygen atoms in total. The average molecular weight is 397 g/mol. The van der Waals surface area contributed by atoms with Crippen LogP contribution >= 0.6 is 11.3 Å². The third-order valence-corrected chi connectivity index (χ3v) is 4.78. The Kier molecular flexibility index (Phi) is 7.26. The predicted molar refractivity (Wildman–Crippen MR) is 113 cm³/mol. The van der Waals surface area contributed by atoms with E-state index in [4.69, 9.17) is 15.2 Å². The van der Waals surface area contributed by atoms with Gasteiger partial charge in [-0.3, -0.25) is 0 Å². The molecule has 0 fully saturated rings. The molecule has 2 aromatic heterocycles. The smallest absolute Gasteiger partial charge is 0.219 e. The molecule has 0 aliphatic heterocycles. The quantitative estimate of drug-likeness (QED) is 0.422. The molecule has 3 N–H and O–H groups in total. The fourth-order valence-corrected chi connectivity index (χ4v) is 3.21. The van der Waals surface area contributed by atoms with Gasteiger partial charge in [0, 0.05) is 23.7 Å². The maximum Gasteiger partial charge on any atom is 0.219 e. The second kappa shape index (κ2) is 10.3. The molecule has 7 heteroatoms. The first-order chi connectivity index (χ1) is 13.7. The van der Waals surface area contributed by atoms with E-state index in [-0.39, 0.29) is 0 Å². The Balaban J connectivity index is 1.50. The largest absolute Gasteiger partial charge is 0.494 e. The minimum absolute atomic E-state index is 0.433. The van der Waals surface area contributed by atoms with Crippen LogP contribution in [0.4, 0.5) is 0 Å². The Hall–Kier alpha value is -3.06. The topological polar surface area (TPSA) is 81.8 Å². The van der Waals surface area contributed by atoms with E-state index in [1.165, 1.54) is 4.88 Å². The zero-order valence-corrected chi connectivity index (χ0v) is 16.6. The van der Waals surface area contributed by atoms with Crippen molar-refractivity contribution in [3.63, 3.8) is 0 Å². The van der Waals surface area contributed by atoms with Crippen LogP contribution in [-0.4, -0.2) is 24.1 Å². The Morgan fingerprint density at radius 1 is 1.18 bits per heavy atom. The van der Waals surface area contributed by atoms with Gasteiger partial charge < -0.3 is 20.5 Å². The molecule has 2 heterocycles. The molecule has 0 aliphatic carbocycles. The van der Waals surface area contributed by atoms with Crippen molar-refractivity contribution >= 4 is 17.3 Å². The lowest BCUT2D eigenvalue weighted by Crippen LogP contribution is -2.33. The molecule has 0 unspecified atom stereocenters. The lowest BCUT2D eigenvalue weighted by molar-refractivity contribution is 0.339. The fraction of sp³-hybridized carbons (Fsp3) is 0.238. The first kappa shape index (κ1) is 19.7. The van der Waals surface area contributed by atoms with Crippen LogP contribution in [0.3, 0.4) is 0 Å². The van der Waals surface area contributed by atoms with Crippen LogP contribution in [0.15, 0.2) is 65.1 Å². The van der Waals surface area contributed by atoms with E-state index in [1.54, 1.807) is 17.5 Å². The van der Waals surface area contributed by atoms with Crippen molar-refractivity contribution in [3.8, 4) is 17.4 Å². The molecule has 3 aromatic rings. The molecule has 0 aliphatic rings. The molecule has 0 atom stereocenters. The van der Waals surface area contributed by atoms with E-state index in [0.29, 0.717) is 30.7 Å². The molecule has 0 spiro atoms. The van der Waals surface area contributed by atoms with Gasteiger partial charge in [-0.05, 0) is 60.7 Å². The summed E-state index contributed by atoms with van der Waals surface area (Å²) in [5.74, 6) is 2.46. The van der Waals surface area contributed by atoms with Gasteiger partial charge in [0.2, 0.25) is 5.88 Å². The van der Waals surface area contributed by atoms with Gasteiger partial charge in [-0.15, -0.1) is 11.3 Å². The van der Waals surface area contributed by atoms with E-state index >= 15 is 0 Å². The molecule has 28 heavy (non-hydrogen) atoms. The van der Waals surface area contributed by atoms with Crippen molar-refractivity contribution in [2.75, 3.05) is 13.2 Å². The van der Waals surface area contributed by atoms with Crippen LogP contribution in [0.5, 0.6) is 17.4 Å². The Bertz CT molecular complexity index is 880. The number of ether oxygens (including phenoxy) is 2. The number of nitrogens with two attached hydrogens (primary N) is 1. The summed E-state index contributed by atoms with van der Waals surface area (Å²) in [7, 11) is 0. The Morgan fingerprint density at radius 2 is 2.00 bits per heavy atom. The molecule has 0 amide bonds. The van der Waals surface area contributed by atoms with Gasteiger partial charge in [-0.25, -0.2) is 9.98 Å². The first-order valence-electron chi connectivity index (χ1n) is 9.15. The first-order valence-corrected chi connectivity index (χ1v) is 10.0. The fourth-order valence-electron chi connectivity index (χ4n) is 2.50. The van der Waals surface area contributed by atoms with Crippen molar-refractivity contribution in [1.82, 2.24) is 10.3 Å². The molecule has 0 radical (unpaired) electrons. The minimum Gasteiger partial charge on any atom is -0.494 e. The summed E-state index contributed by atoms with van der Waals surface area (Å²) in [6.45, 7) is 3.81. The standard InChI is InChI=1S/C21H24N4O2S/c1-2-26-17-5-7-18(8-6-17)27-20-14-16(9-11-23-20)15-25-21(22)24-12-10-19-4-3-13-28-19/h3-9,11,13-14H,2,10,12,15H2,1H3,(H3,22,24,25). The second-order valence-electron chi connectivity index (χ2n) is 5.97. The summed E-state index contributed by atoms with van der Waals surface area (Å²) < 4.78 is 11.2. The van der Waals surface area contributed by atoms with Gasteiger partial charge in [0.1, 0.15) is 11.5 Å². The SMILES string of the molecule is CCOc1ccc(Oc2cc(CN=C(N)NCCc3cccs3)ccn2)cc1. The molecule has 0 saturated carbocycles. The van der Waals surface area contributed by atoms with E-state index in [1.807, 2.05) is 49.4 Å². The Morgan fingerprint density at radius 3 is 2.75 bits per heavy atom. The van der Waals surface area contributed by atoms with Crippen LogP contribution < -0.4 is 20.5 Å². The maximum absolute atomic E-state index is 5.94. The highest BCUT2D eigenvalue weighted by atomic mass is 32.1. The lowest BCUT2D eigenvalue weighted by atomic mass is 10.2. The molecule has 146 valence electrons. The second-order valence-corrected chi connectivity index (χ2v) is 7.00. The number of thiophene rings is 1. The van der Waals surface area contributed by atoms with Crippen LogP contribution in [-0.2, 0) is 13.0 Å². The van der Waals surface area contributed by atoms with Gasteiger partial charge in [-0.2, -0.15) is 0 Å². The normalized spacial score (nSPS) is 11.2. The molecular formula is C21H24N4O2S. The van der Waals surface area contributed by atoms with Crippen LogP contribution in [0.2, 0.25) is 0 Å². The molecular weight excluding hydrogens is 372 g/mol. The van der Waals surface area contributed by atoms with Crippen molar-refractivity contribution in [2.45, 2.75) is 19.9 Å². The number of guanidine groups is 1. The number of rotatable bonds is 9. The summed E-state index contributed by atoms with van der Waals surface area (Å²) in [6, 6.07) is 15.4. The summed E-state index contributed by atoms with van der Waals surface area (Å²) in [5.41, 5.74) is 6.92. The number of pyridine rings is 1. The number of hydrogen-bond acceptors (Lipinski definition) is 5. The van der Waals surface area contributed by atoms with E-state index in [2.05, 4.69) is 26.7 Å². The highest BCUT2D eigenvalue weighted by Crippen LogP contribution is 2.23. The van der Waals surface area contributed by atoms with Gasteiger partial charge in [0.25, 0.3) is 0 Å². The van der Waals surface area contributed by atoms with Gasteiger partial charge >= 0.3 is 0 Å². The highest BCUT2D eigenvalue weighted by molar-refractivity contribution is 7.09. The third-order valence-electron chi connectivity index (χ3n) is 3.85. The monoisotopic (exact) mass is 396 g/mol. The minimum atomic E-state index is 0.433.